The summed E-state index contributed by atoms with van der Waals surface area (Å²) in [5.41, 5.74) is 1.53. The fraction of sp³-hybridized carbons (Fsp3) is 0.500. The number of rotatable bonds is 6. The van der Waals surface area contributed by atoms with Crippen LogP contribution < -0.4 is 14.4 Å². The maximum atomic E-state index is 5.91. The Morgan fingerprint density at radius 1 is 0.935 bits per heavy atom. The molecule has 31 heavy (non-hydrogen) atoms. The first-order chi connectivity index (χ1) is 15.3. The molecule has 0 atom stereocenters. The summed E-state index contributed by atoms with van der Waals surface area (Å²) in [4.78, 5) is 17.0. The predicted molar refractivity (Wildman–Crippen MR) is 126 cm³/mol. The van der Waals surface area contributed by atoms with Crippen LogP contribution in [0.3, 0.4) is 0 Å². The van der Waals surface area contributed by atoms with Gasteiger partial charge in [-0.15, -0.1) is 11.3 Å². The highest BCUT2D eigenvalue weighted by molar-refractivity contribution is 7.18. The Hall–Kier alpha value is -2.38. The summed E-state index contributed by atoms with van der Waals surface area (Å²) in [5.74, 6) is 2.89. The molecule has 2 aromatic heterocycles. The van der Waals surface area contributed by atoms with E-state index in [2.05, 4.69) is 14.8 Å². The molecule has 2 aliphatic rings. The molecule has 1 aliphatic carbocycles. The molecule has 3 heterocycles. The van der Waals surface area contributed by atoms with Crippen LogP contribution in [0.15, 0.2) is 30.6 Å². The maximum Gasteiger partial charge on any atom is 0.141 e. The van der Waals surface area contributed by atoms with E-state index in [-0.39, 0.29) is 0 Å². The van der Waals surface area contributed by atoms with Crippen LogP contribution in [0, 0.1) is 0 Å². The van der Waals surface area contributed by atoms with Gasteiger partial charge in [0.25, 0.3) is 0 Å². The second-order valence-electron chi connectivity index (χ2n) is 8.29. The molecule has 1 saturated heterocycles. The number of hydrogen-bond acceptors (Lipinski definition) is 7. The van der Waals surface area contributed by atoms with Crippen molar-refractivity contribution in [2.24, 2.45) is 0 Å². The number of hydrogen-bond donors (Lipinski definition) is 0. The number of anilines is 1. The third kappa shape index (κ3) is 4.48. The van der Waals surface area contributed by atoms with Gasteiger partial charge in [0.15, 0.2) is 0 Å². The van der Waals surface area contributed by atoms with Gasteiger partial charge in [-0.1, -0.05) is 6.42 Å². The van der Waals surface area contributed by atoms with Crippen LogP contribution in [0.4, 0.5) is 5.82 Å². The van der Waals surface area contributed by atoms with Crippen molar-refractivity contribution in [3.63, 3.8) is 0 Å². The van der Waals surface area contributed by atoms with Gasteiger partial charge in [0, 0.05) is 37.6 Å². The molecule has 1 aliphatic heterocycles. The number of aryl methyl sites for hydroxylation is 2. The molecule has 0 spiro atoms. The normalized spacial score (nSPS) is 17.4. The molecule has 0 unspecified atom stereocenters. The van der Waals surface area contributed by atoms with E-state index in [0.29, 0.717) is 6.61 Å². The lowest BCUT2D eigenvalue weighted by atomic mass is 10.1. The van der Waals surface area contributed by atoms with Crippen LogP contribution in [-0.4, -0.2) is 61.3 Å². The zero-order valence-corrected chi connectivity index (χ0v) is 19.0. The molecule has 7 heteroatoms. The lowest BCUT2D eigenvalue weighted by Crippen LogP contribution is -2.47. The minimum Gasteiger partial charge on any atom is -0.497 e. The van der Waals surface area contributed by atoms with Crippen LogP contribution in [-0.2, 0) is 12.8 Å². The molecule has 0 saturated carbocycles. The third-order valence-corrected chi connectivity index (χ3v) is 7.59. The van der Waals surface area contributed by atoms with Gasteiger partial charge in [-0.05, 0) is 55.5 Å². The summed E-state index contributed by atoms with van der Waals surface area (Å²) < 4.78 is 11.1. The average molecular weight is 439 g/mol. The summed E-state index contributed by atoms with van der Waals surface area (Å²) in [7, 11) is 1.68. The van der Waals surface area contributed by atoms with Crippen LogP contribution in [0.1, 0.15) is 29.7 Å². The predicted octanol–water partition coefficient (Wildman–Crippen LogP) is 4.17. The number of nitrogens with zero attached hydrogens (tertiary/aromatic N) is 4. The Kier molecular flexibility index (Phi) is 6.22. The monoisotopic (exact) mass is 438 g/mol. The molecular weight excluding hydrogens is 408 g/mol. The van der Waals surface area contributed by atoms with E-state index in [0.717, 1.165) is 50.0 Å². The number of fused-ring (bicyclic) bond motifs is 3. The Morgan fingerprint density at radius 3 is 2.52 bits per heavy atom. The Labute approximate surface area is 187 Å². The number of methoxy groups -OCH3 is 1. The van der Waals surface area contributed by atoms with Crippen molar-refractivity contribution in [3.05, 3.63) is 41.0 Å². The first-order valence-electron chi connectivity index (χ1n) is 11.3. The van der Waals surface area contributed by atoms with Gasteiger partial charge in [0.2, 0.25) is 0 Å². The Balaban J connectivity index is 1.19. The van der Waals surface area contributed by atoms with Crippen molar-refractivity contribution in [2.75, 3.05) is 51.3 Å². The fourth-order valence-corrected chi connectivity index (χ4v) is 5.86. The van der Waals surface area contributed by atoms with Crippen LogP contribution >= 0.6 is 11.3 Å². The highest BCUT2D eigenvalue weighted by atomic mass is 32.1. The standard InChI is InChI=1S/C24H30N4O2S/c1-29-18-7-9-19(10-8-18)30-16-15-27-11-13-28(14-12-27)23-22-20-5-3-2-4-6-21(20)31-24(22)26-17-25-23/h7-10,17H,2-6,11-16H2,1H3. The molecule has 1 fully saturated rings. The number of ether oxygens (including phenoxy) is 2. The van der Waals surface area contributed by atoms with Crippen LogP contribution in [0.25, 0.3) is 10.2 Å². The van der Waals surface area contributed by atoms with E-state index in [9.17, 15) is 0 Å². The SMILES string of the molecule is COc1ccc(OCCN2CCN(c3ncnc4sc5c(c34)CCCCC5)CC2)cc1. The largest absolute Gasteiger partial charge is 0.497 e. The molecule has 0 amide bonds. The topological polar surface area (TPSA) is 50.7 Å². The molecule has 0 N–H and O–H groups in total. The second kappa shape index (κ2) is 9.40. The molecule has 3 aromatic rings. The molecule has 1 aromatic carbocycles. The van der Waals surface area contributed by atoms with Gasteiger partial charge in [0.1, 0.15) is 35.1 Å². The quantitative estimate of drug-likeness (QED) is 0.539. The lowest BCUT2D eigenvalue weighted by Gasteiger charge is -2.35. The smallest absolute Gasteiger partial charge is 0.141 e. The van der Waals surface area contributed by atoms with E-state index < -0.39 is 0 Å². The van der Waals surface area contributed by atoms with Crippen LogP contribution in [0.2, 0.25) is 0 Å². The Bertz CT molecular complexity index is 1010. The minimum atomic E-state index is 0.697. The fourth-order valence-electron chi connectivity index (χ4n) is 4.64. The van der Waals surface area contributed by atoms with E-state index >= 15 is 0 Å². The first-order valence-corrected chi connectivity index (χ1v) is 12.1. The molecule has 5 rings (SSSR count). The zero-order valence-electron chi connectivity index (χ0n) is 18.2. The summed E-state index contributed by atoms with van der Waals surface area (Å²) in [5, 5.41) is 1.33. The van der Waals surface area contributed by atoms with Crippen molar-refractivity contribution in [3.8, 4) is 11.5 Å². The molecule has 164 valence electrons. The Morgan fingerprint density at radius 2 is 1.71 bits per heavy atom. The van der Waals surface area contributed by atoms with Gasteiger partial charge < -0.3 is 14.4 Å². The minimum absolute atomic E-state index is 0.697. The van der Waals surface area contributed by atoms with Crippen molar-refractivity contribution in [2.45, 2.75) is 32.1 Å². The molecule has 6 nitrogen and oxygen atoms in total. The number of piperazine rings is 1. The highest BCUT2D eigenvalue weighted by Crippen LogP contribution is 2.38. The zero-order chi connectivity index (χ0) is 21.0. The summed E-state index contributed by atoms with van der Waals surface area (Å²) in [6.07, 6.45) is 8.07. The van der Waals surface area contributed by atoms with Gasteiger partial charge in [-0.2, -0.15) is 0 Å². The summed E-state index contributed by atoms with van der Waals surface area (Å²) >= 11 is 1.89. The highest BCUT2D eigenvalue weighted by Gasteiger charge is 2.24. The van der Waals surface area contributed by atoms with Crippen molar-refractivity contribution < 1.29 is 9.47 Å². The summed E-state index contributed by atoms with van der Waals surface area (Å²) in [6, 6.07) is 7.78. The van der Waals surface area contributed by atoms with E-state index in [1.165, 1.54) is 47.9 Å². The lowest BCUT2D eigenvalue weighted by molar-refractivity contribution is 0.200. The molecule has 0 bridgehead atoms. The third-order valence-electron chi connectivity index (χ3n) is 6.39. The van der Waals surface area contributed by atoms with Gasteiger partial charge in [0.05, 0.1) is 12.5 Å². The van der Waals surface area contributed by atoms with E-state index in [1.807, 2.05) is 35.6 Å². The van der Waals surface area contributed by atoms with Gasteiger partial charge in [-0.25, -0.2) is 9.97 Å². The average Bonchev–Trinajstić information content (AvgIpc) is 3.01. The van der Waals surface area contributed by atoms with Crippen molar-refractivity contribution in [1.82, 2.24) is 14.9 Å². The van der Waals surface area contributed by atoms with Crippen LogP contribution in [0.5, 0.6) is 11.5 Å². The number of thiophene rings is 1. The summed E-state index contributed by atoms with van der Waals surface area (Å²) in [6.45, 7) is 5.70. The van der Waals surface area contributed by atoms with E-state index in [4.69, 9.17) is 14.5 Å². The molecule has 0 radical (unpaired) electrons. The molecular formula is C24H30N4O2S. The van der Waals surface area contributed by atoms with E-state index in [1.54, 1.807) is 18.3 Å². The first kappa shape index (κ1) is 20.5. The van der Waals surface area contributed by atoms with Crippen molar-refractivity contribution >= 4 is 27.4 Å². The maximum absolute atomic E-state index is 5.91. The number of aromatic nitrogens is 2. The van der Waals surface area contributed by atoms with Crippen molar-refractivity contribution in [1.29, 1.82) is 0 Å². The number of benzene rings is 1. The second-order valence-corrected chi connectivity index (χ2v) is 9.38. The van der Waals surface area contributed by atoms with Gasteiger partial charge >= 0.3 is 0 Å². The van der Waals surface area contributed by atoms with Gasteiger partial charge in [-0.3, -0.25) is 4.90 Å².